The van der Waals surface area contributed by atoms with Crippen molar-refractivity contribution >= 4 is 18.5 Å². The van der Waals surface area contributed by atoms with Crippen LogP contribution in [-0.4, -0.2) is 38.0 Å². The lowest BCUT2D eigenvalue weighted by molar-refractivity contribution is 0.0887. The maximum absolute atomic E-state index is 12.9. The van der Waals surface area contributed by atoms with Crippen LogP contribution in [0.25, 0.3) is 0 Å². The van der Waals surface area contributed by atoms with Gasteiger partial charge in [0.25, 0.3) is 5.91 Å². The van der Waals surface area contributed by atoms with Gasteiger partial charge in [-0.05, 0) is 37.8 Å². The Hall–Kier alpha value is -1.56. The molecular weight excluding hydrogens is 338 g/mol. The molecule has 0 heterocycles. The second-order valence-electron chi connectivity index (χ2n) is 7.83. The number of ether oxygens (including phenoxy) is 3. The van der Waals surface area contributed by atoms with Crippen LogP contribution in [0.4, 0.5) is 0 Å². The molecule has 1 aromatic rings. The lowest BCUT2D eigenvalue weighted by atomic mass is 9.81. The number of carbonyl (C=O) groups excluding carboxylic acids is 1. The summed E-state index contributed by atoms with van der Waals surface area (Å²) in [6, 6.07) is 3.40. The Bertz CT molecular complexity index is 594. The highest BCUT2D eigenvalue weighted by atomic mass is 32.1. The van der Waals surface area contributed by atoms with Gasteiger partial charge in [0.15, 0.2) is 11.5 Å². The van der Waals surface area contributed by atoms with E-state index in [1.54, 1.807) is 19.2 Å². The minimum atomic E-state index is -0.358. The monoisotopic (exact) mass is 369 g/mol. The summed E-state index contributed by atoms with van der Waals surface area (Å²) < 4.78 is 16.5. The van der Waals surface area contributed by atoms with Gasteiger partial charge < -0.3 is 19.5 Å². The summed E-state index contributed by atoms with van der Waals surface area (Å²) >= 11 is 4.17. The third-order valence-corrected chi connectivity index (χ3v) is 3.69. The number of carbonyl (C=O) groups is 1. The maximum Gasteiger partial charge on any atom is 0.255 e. The van der Waals surface area contributed by atoms with Gasteiger partial charge in [-0.15, -0.1) is 0 Å². The summed E-state index contributed by atoms with van der Waals surface area (Å²) in [6.45, 7) is 10.9. The first-order valence-electron chi connectivity index (χ1n) is 8.36. The summed E-state index contributed by atoms with van der Waals surface area (Å²) in [5, 5.41) is 3.10. The topological polar surface area (TPSA) is 56.8 Å². The van der Waals surface area contributed by atoms with Gasteiger partial charge in [0.1, 0.15) is 0 Å². The molecule has 6 heteroatoms. The van der Waals surface area contributed by atoms with Crippen molar-refractivity contribution in [3.05, 3.63) is 17.7 Å². The molecule has 0 unspecified atom stereocenters. The van der Waals surface area contributed by atoms with Crippen molar-refractivity contribution in [2.24, 2.45) is 5.41 Å². The van der Waals surface area contributed by atoms with Crippen LogP contribution in [-0.2, 0) is 0 Å². The maximum atomic E-state index is 12.9. The Morgan fingerprint density at radius 3 is 2.20 bits per heavy atom. The zero-order valence-corrected chi connectivity index (χ0v) is 17.3. The van der Waals surface area contributed by atoms with Crippen LogP contribution in [0.15, 0.2) is 12.1 Å². The van der Waals surface area contributed by atoms with Crippen molar-refractivity contribution in [2.75, 3.05) is 26.6 Å². The SMILES string of the molecule is COc1ccc(C(=O)NC(C)(C)CC(C)(C)C)c(OCCS)c1OC. The number of nitrogens with one attached hydrogen (secondary N) is 1. The highest BCUT2D eigenvalue weighted by molar-refractivity contribution is 7.80. The van der Waals surface area contributed by atoms with Gasteiger partial charge in [-0.25, -0.2) is 0 Å². The van der Waals surface area contributed by atoms with Gasteiger partial charge in [-0.1, -0.05) is 20.8 Å². The summed E-state index contributed by atoms with van der Waals surface area (Å²) in [7, 11) is 3.07. The van der Waals surface area contributed by atoms with Crippen molar-refractivity contribution in [3.63, 3.8) is 0 Å². The average Bonchev–Trinajstić information content (AvgIpc) is 2.48. The molecular formula is C19H31NO4S. The Balaban J connectivity index is 3.19. The Labute approximate surface area is 156 Å². The number of rotatable bonds is 8. The number of amides is 1. The predicted molar refractivity (Wildman–Crippen MR) is 105 cm³/mol. The van der Waals surface area contributed by atoms with Crippen LogP contribution in [0.2, 0.25) is 0 Å². The van der Waals surface area contributed by atoms with Crippen LogP contribution in [0.3, 0.4) is 0 Å². The van der Waals surface area contributed by atoms with E-state index >= 15 is 0 Å². The largest absolute Gasteiger partial charge is 0.493 e. The molecule has 1 aromatic carbocycles. The fourth-order valence-corrected chi connectivity index (χ4v) is 3.20. The molecule has 0 atom stereocenters. The van der Waals surface area contributed by atoms with E-state index in [9.17, 15) is 4.79 Å². The molecule has 0 saturated carbocycles. The highest BCUT2D eigenvalue weighted by Gasteiger charge is 2.29. The highest BCUT2D eigenvalue weighted by Crippen LogP contribution is 2.40. The van der Waals surface area contributed by atoms with Gasteiger partial charge >= 0.3 is 0 Å². The molecule has 0 radical (unpaired) electrons. The molecule has 0 aromatic heterocycles. The second-order valence-corrected chi connectivity index (χ2v) is 8.27. The van der Waals surface area contributed by atoms with Crippen LogP contribution in [0.5, 0.6) is 17.2 Å². The Morgan fingerprint density at radius 1 is 1.08 bits per heavy atom. The van der Waals surface area contributed by atoms with Crippen LogP contribution in [0, 0.1) is 5.41 Å². The minimum absolute atomic E-state index is 0.0970. The van der Waals surface area contributed by atoms with E-state index in [1.807, 2.05) is 13.8 Å². The van der Waals surface area contributed by atoms with Gasteiger partial charge in [-0.3, -0.25) is 4.79 Å². The molecule has 0 aliphatic carbocycles. The summed E-state index contributed by atoms with van der Waals surface area (Å²) in [6.07, 6.45) is 0.839. The molecule has 1 N–H and O–H groups in total. The Morgan fingerprint density at radius 2 is 1.72 bits per heavy atom. The number of hydrogen-bond donors (Lipinski definition) is 2. The predicted octanol–water partition coefficient (Wildman–Crippen LogP) is 3.96. The van der Waals surface area contributed by atoms with Gasteiger partial charge in [0, 0.05) is 11.3 Å². The number of thiol groups is 1. The molecule has 0 bridgehead atoms. The average molecular weight is 370 g/mol. The first-order chi connectivity index (χ1) is 11.5. The lowest BCUT2D eigenvalue weighted by Gasteiger charge is -2.33. The van der Waals surface area contributed by atoms with E-state index in [0.29, 0.717) is 35.2 Å². The fraction of sp³-hybridized carbons (Fsp3) is 0.632. The quantitative estimate of drug-likeness (QED) is 0.681. The molecule has 0 aliphatic rings. The lowest BCUT2D eigenvalue weighted by Crippen LogP contribution is -2.45. The van der Waals surface area contributed by atoms with Crippen LogP contribution in [0.1, 0.15) is 51.4 Å². The molecule has 25 heavy (non-hydrogen) atoms. The first kappa shape index (κ1) is 21.5. The van der Waals surface area contributed by atoms with E-state index in [1.165, 1.54) is 7.11 Å². The molecule has 5 nitrogen and oxygen atoms in total. The van der Waals surface area contributed by atoms with Crippen molar-refractivity contribution in [1.82, 2.24) is 5.32 Å². The van der Waals surface area contributed by atoms with Crippen LogP contribution < -0.4 is 19.5 Å². The van der Waals surface area contributed by atoms with Crippen molar-refractivity contribution in [2.45, 2.75) is 46.6 Å². The molecule has 0 spiro atoms. The first-order valence-corrected chi connectivity index (χ1v) is 8.99. The standard InChI is InChI=1S/C19H31NO4S/c1-18(2,3)12-19(4,5)20-17(21)13-8-9-14(22-6)16(23-7)15(13)24-10-11-25/h8-9,25H,10-12H2,1-7H3,(H,20,21). The molecule has 0 aliphatic heterocycles. The number of benzene rings is 1. The third-order valence-electron chi connectivity index (χ3n) is 3.51. The van der Waals surface area contributed by atoms with Crippen molar-refractivity contribution in [1.29, 1.82) is 0 Å². The zero-order valence-electron chi connectivity index (χ0n) is 16.4. The van der Waals surface area contributed by atoms with E-state index in [-0.39, 0.29) is 16.9 Å². The molecule has 142 valence electrons. The summed E-state index contributed by atoms with van der Waals surface area (Å²) in [5.74, 6) is 1.62. The molecule has 0 fully saturated rings. The molecule has 0 saturated heterocycles. The van der Waals surface area contributed by atoms with Gasteiger partial charge in [-0.2, -0.15) is 12.6 Å². The van der Waals surface area contributed by atoms with E-state index in [4.69, 9.17) is 14.2 Å². The van der Waals surface area contributed by atoms with Crippen LogP contribution >= 0.6 is 12.6 Å². The summed E-state index contributed by atoms with van der Waals surface area (Å²) in [5.41, 5.74) is 0.157. The third kappa shape index (κ3) is 6.34. The van der Waals surface area contributed by atoms with Gasteiger partial charge in [0.2, 0.25) is 5.75 Å². The number of hydrogen-bond acceptors (Lipinski definition) is 5. The molecule has 1 amide bonds. The van der Waals surface area contributed by atoms with E-state index in [0.717, 1.165) is 6.42 Å². The van der Waals surface area contributed by atoms with E-state index < -0.39 is 0 Å². The zero-order chi connectivity index (χ0) is 19.3. The summed E-state index contributed by atoms with van der Waals surface area (Å²) in [4.78, 5) is 12.9. The fourth-order valence-electron chi connectivity index (χ4n) is 3.11. The van der Waals surface area contributed by atoms with Gasteiger partial charge in [0.05, 0.1) is 26.4 Å². The molecule has 1 rings (SSSR count). The normalized spacial score (nSPS) is 11.8. The van der Waals surface area contributed by atoms with Crippen molar-refractivity contribution < 1.29 is 19.0 Å². The minimum Gasteiger partial charge on any atom is -0.493 e. The van der Waals surface area contributed by atoms with Crippen molar-refractivity contribution in [3.8, 4) is 17.2 Å². The Kier molecular flexibility index (Phi) is 7.47. The second kappa shape index (κ2) is 8.70. The number of methoxy groups -OCH3 is 2. The van der Waals surface area contributed by atoms with E-state index in [2.05, 4.69) is 38.7 Å². The smallest absolute Gasteiger partial charge is 0.255 e.